The van der Waals surface area contributed by atoms with E-state index in [1.807, 2.05) is 18.2 Å². The summed E-state index contributed by atoms with van der Waals surface area (Å²) in [5, 5.41) is 11.7. The van der Waals surface area contributed by atoms with Crippen molar-refractivity contribution in [3.05, 3.63) is 94.8 Å². The van der Waals surface area contributed by atoms with Crippen molar-refractivity contribution in [1.82, 2.24) is 9.29 Å². The molecule has 1 N–H and O–H groups in total. The van der Waals surface area contributed by atoms with Crippen LogP contribution in [0.5, 0.6) is 0 Å². The number of aliphatic hydroxyl groups is 1. The molecule has 7 heteroatoms. The zero-order valence-corrected chi connectivity index (χ0v) is 16.5. The molecule has 1 aromatic heterocycles. The molecule has 2 heterocycles. The molecule has 2 aromatic carbocycles. The minimum atomic E-state index is -3.77. The van der Waals surface area contributed by atoms with Gasteiger partial charge in [-0.1, -0.05) is 48.0 Å². The molecular weight excluding hydrogens is 396 g/mol. The Kier molecular flexibility index (Phi) is 5.21. The van der Waals surface area contributed by atoms with Crippen LogP contribution in [-0.2, 0) is 23.0 Å². The maximum atomic E-state index is 13.4. The zero-order chi connectivity index (χ0) is 19.7. The predicted octanol–water partition coefficient (Wildman–Crippen LogP) is 3.58. The third-order valence-corrected chi connectivity index (χ3v) is 7.17. The summed E-state index contributed by atoms with van der Waals surface area (Å²) in [6.07, 6.45) is 2.71. The summed E-state index contributed by atoms with van der Waals surface area (Å²) >= 11 is 5.97. The number of aromatic nitrogens is 1. The summed E-state index contributed by atoms with van der Waals surface area (Å²) in [5.41, 5.74) is 2.10. The third-order valence-electron chi connectivity index (χ3n) is 4.98. The van der Waals surface area contributed by atoms with Gasteiger partial charge < -0.3 is 5.11 Å². The van der Waals surface area contributed by atoms with Gasteiger partial charge in [-0.05, 0) is 41.8 Å². The number of rotatable bonds is 4. The van der Waals surface area contributed by atoms with E-state index >= 15 is 0 Å². The topological polar surface area (TPSA) is 70.5 Å². The number of fused-ring (bicyclic) bond motifs is 1. The van der Waals surface area contributed by atoms with Gasteiger partial charge in [0.05, 0.1) is 17.0 Å². The Labute approximate surface area is 169 Å². The smallest absolute Gasteiger partial charge is 0.244 e. The largest absolute Gasteiger partial charge is 0.387 e. The van der Waals surface area contributed by atoms with Crippen LogP contribution in [0.3, 0.4) is 0 Å². The van der Waals surface area contributed by atoms with E-state index in [4.69, 9.17) is 11.6 Å². The van der Waals surface area contributed by atoms with Crippen LogP contribution in [0.25, 0.3) is 0 Å². The van der Waals surface area contributed by atoms with E-state index in [1.54, 1.807) is 54.9 Å². The standard InChI is InChI=1S/C21H19ClN2O3S/c22-17-9-7-15(8-10-17)12-19-21(25)18-5-1-2-6-20(18)28(26,27)24(19)14-16-4-3-11-23-13-16/h1-11,13,19,21,25H,12,14H2/t19-,21+/m1/s1. The molecule has 0 saturated carbocycles. The van der Waals surface area contributed by atoms with Gasteiger partial charge in [-0.15, -0.1) is 0 Å². The number of sulfonamides is 1. The minimum Gasteiger partial charge on any atom is -0.387 e. The van der Waals surface area contributed by atoms with Crippen LogP contribution >= 0.6 is 11.6 Å². The molecule has 0 unspecified atom stereocenters. The van der Waals surface area contributed by atoms with Crippen molar-refractivity contribution in [2.75, 3.05) is 0 Å². The highest BCUT2D eigenvalue weighted by atomic mass is 35.5. The van der Waals surface area contributed by atoms with E-state index in [0.717, 1.165) is 11.1 Å². The number of nitrogens with zero attached hydrogens (tertiary/aromatic N) is 2. The molecule has 0 radical (unpaired) electrons. The van der Waals surface area contributed by atoms with Crippen LogP contribution in [0.4, 0.5) is 0 Å². The Balaban J connectivity index is 1.78. The lowest BCUT2D eigenvalue weighted by atomic mass is 9.95. The molecular formula is C21H19ClN2O3S. The highest BCUT2D eigenvalue weighted by molar-refractivity contribution is 7.89. The van der Waals surface area contributed by atoms with Gasteiger partial charge in [0, 0.05) is 29.5 Å². The Morgan fingerprint density at radius 3 is 2.46 bits per heavy atom. The van der Waals surface area contributed by atoms with Crippen molar-refractivity contribution in [3.8, 4) is 0 Å². The van der Waals surface area contributed by atoms with Crippen molar-refractivity contribution < 1.29 is 13.5 Å². The van der Waals surface area contributed by atoms with Crippen LogP contribution in [0.2, 0.25) is 5.02 Å². The van der Waals surface area contributed by atoms with Gasteiger partial charge in [-0.2, -0.15) is 4.31 Å². The van der Waals surface area contributed by atoms with Gasteiger partial charge in [-0.3, -0.25) is 4.98 Å². The molecule has 5 nitrogen and oxygen atoms in total. The molecule has 3 aromatic rings. The van der Waals surface area contributed by atoms with Crippen molar-refractivity contribution in [1.29, 1.82) is 0 Å². The second-order valence-electron chi connectivity index (χ2n) is 6.79. The molecule has 0 saturated heterocycles. The molecule has 0 fully saturated rings. The maximum absolute atomic E-state index is 13.4. The summed E-state index contributed by atoms with van der Waals surface area (Å²) in [6, 6.07) is 16.8. The van der Waals surface area contributed by atoms with Crippen molar-refractivity contribution >= 4 is 21.6 Å². The fourth-order valence-electron chi connectivity index (χ4n) is 3.58. The lowest BCUT2D eigenvalue weighted by molar-refractivity contribution is 0.0769. The van der Waals surface area contributed by atoms with Gasteiger partial charge in [-0.25, -0.2) is 8.42 Å². The van der Waals surface area contributed by atoms with Crippen molar-refractivity contribution in [3.63, 3.8) is 0 Å². The number of pyridine rings is 1. The fourth-order valence-corrected chi connectivity index (χ4v) is 5.56. The molecule has 0 bridgehead atoms. The SMILES string of the molecule is O=S1(=O)c2ccccc2[C@H](O)[C@@H](Cc2ccc(Cl)cc2)N1Cc1cccnc1. The second-order valence-corrected chi connectivity index (χ2v) is 9.09. The molecule has 2 atom stereocenters. The number of hydrogen-bond acceptors (Lipinski definition) is 4. The van der Waals surface area contributed by atoms with E-state index < -0.39 is 22.2 Å². The van der Waals surface area contributed by atoms with Crippen LogP contribution in [0.1, 0.15) is 22.8 Å². The summed E-state index contributed by atoms with van der Waals surface area (Å²) in [6.45, 7) is 0.139. The first-order chi connectivity index (χ1) is 13.5. The van der Waals surface area contributed by atoms with E-state index in [9.17, 15) is 13.5 Å². The fraction of sp³-hybridized carbons (Fsp3) is 0.190. The first-order valence-electron chi connectivity index (χ1n) is 8.89. The van der Waals surface area contributed by atoms with Gasteiger partial charge in [0.2, 0.25) is 10.0 Å². The number of hydrogen-bond donors (Lipinski definition) is 1. The monoisotopic (exact) mass is 414 g/mol. The number of aliphatic hydroxyl groups excluding tert-OH is 1. The van der Waals surface area contributed by atoms with Crippen LogP contribution in [-0.4, -0.2) is 28.9 Å². The molecule has 1 aliphatic rings. The predicted molar refractivity (Wildman–Crippen MR) is 107 cm³/mol. The van der Waals surface area contributed by atoms with E-state index in [0.29, 0.717) is 17.0 Å². The third kappa shape index (κ3) is 3.56. The quantitative estimate of drug-likeness (QED) is 0.708. The summed E-state index contributed by atoms with van der Waals surface area (Å²) < 4.78 is 28.1. The first-order valence-corrected chi connectivity index (χ1v) is 10.7. The zero-order valence-electron chi connectivity index (χ0n) is 14.9. The molecule has 0 amide bonds. The van der Waals surface area contributed by atoms with Crippen LogP contribution < -0.4 is 0 Å². The van der Waals surface area contributed by atoms with Gasteiger partial charge in [0.1, 0.15) is 0 Å². The van der Waals surface area contributed by atoms with Crippen LogP contribution in [0.15, 0.2) is 78.0 Å². The Morgan fingerprint density at radius 1 is 1.00 bits per heavy atom. The number of benzene rings is 2. The lowest BCUT2D eigenvalue weighted by Gasteiger charge is -2.39. The maximum Gasteiger partial charge on any atom is 0.244 e. The summed E-state index contributed by atoms with van der Waals surface area (Å²) in [4.78, 5) is 4.23. The van der Waals surface area contributed by atoms with E-state index in [2.05, 4.69) is 4.98 Å². The Hall–Kier alpha value is -2.25. The average molecular weight is 415 g/mol. The molecule has 0 aliphatic carbocycles. The highest BCUT2D eigenvalue weighted by Crippen LogP contribution is 2.38. The molecule has 28 heavy (non-hydrogen) atoms. The second kappa shape index (κ2) is 7.64. The normalized spacial score (nSPS) is 21.2. The lowest BCUT2D eigenvalue weighted by Crippen LogP contribution is -2.48. The summed E-state index contributed by atoms with van der Waals surface area (Å²) in [5.74, 6) is 0. The first kappa shape index (κ1) is 19.1. The van der Waals surface area contributed by atoms with Gasteiger partial charge in [0.15, 0.2) is 0 Å². The molecule has 4 rings (SSSR count). The number of halogens is 1. The van der Waals surface area contributed by atoms with Gasteiger partial charge >= 0.3 is 0 Å². The average Bonchev–Trinajstić information content (AvgIpc) is 2.71. The van der Waals surface area contributed by atoms with Crippen molar-refractivity contribution in [2.24, 2.45) is 0 Å². The highest BCUT2D eigenvalue weighted by Gasteiger charge is 2.43. The molecule has 0 spiro atoms. The van der Waals surface area contributed by atoms with Gasteiger partial charge in [0.25, 0.3) is 0 Å². The minimum absolute atomic E-state index is 0.139. The Morgan fingerprint density at radius 2 is 1.75 bits per heavy atom. The van der Waals surface area contributed by atoms with Crippen LogP contribution in [0, 0.1) is 0 Å². The van der Waals surface area contributed by atoms with E-state index in [1.165, 1.54) is 4.31 Å². The summed E-state index contributed by atoms with van der Waals surface area (Å²) in [7, 11) is -3.77. The van der Waals surface area contributed by atoms with Crippen molar-refractivity contribution in [2.45, 2.75) is 30.0 Å². The Bertz CT molecular complexity index is 1070. The molecule has 1 aliphatic heterocycles. The molecule has 144 valence electrons. The van der Waals surface area contributed by atoms with E-state index in [-0.39, 0.29) is 11.4 Å².